The minimum Gasteiger partial charge on any atom is -0.355 e. The molecule has 0 radical (unpaired) electrons. The Hall–Kier alpha value is -3.06. The maximum atomic E-state index is 3.66. The molecule has 4 aromatic rings. The number of para-hydroxylation sites is 1. The summed E-state index contributed by atoms with van der Waals surface area (Å²) in [4.78, 5) is 3.66. The van der Waals surface area contributed by atoms with Crippen molar-refractivity contribution in [3.05, 3.63) is 93.5 Å². The minimum atomic E-state index is 0.134. The maximum absolute atomic E-state index is 3.66. The summed E-state index contributed by atoms with van der Waals surface area (Å²) >= 11 is 0. The van der Waals surface area contributed by atoms with Crippen molar-refractivity contribution >= 4 is 23.1 Å². The van der Waals surface area contributed by atoms with Crippen molar-refractivity contribution in [1.29, 1.82) is 0 Å². The first-order chi connectivity index (χ1) is 14.1. The number of nitrogens with one attached hydrogen (secondary N) is 1. The van der Waals surface area contributed by atoms with E-state index in [-0.39, 0.29) is 5.41 Å². The molecule has 0 spiro atoms. The number of aromatic nitrogens is 1. The van der Waals surface area contributed by atoms with Gasteiger partial charge in [-0.15, -0.1) is 0 Å². The molecule has 3 aliphatic carbocycles. The van der Waals surface area contributed by atoms with Gasteiger partial charge in [0.2, 0.25) is 0 Å². The van der Waals surface area contributed by atoms with Crippen LogP contribution in [0.2, 0.25) is 0 Å². The number of H-pyrrole nitrogens is 1. The van der Waals surface area contributed by atoms with Gasteiger partial charge in [0, 0.05) is 27.4 Å². The van der Waals surface area contributed by atoms with Crippen LogP contribution in [0, 0.1) is 5.92 Å². The van der Waals surface area contributed by atoms with E-state index in [1.54, 1.807) is 5.56 Å². The Morgan fingerprint density at radius 3 is 2.62 bits per heavy atom. The van der Waals surface area contributed by atoms with Crippen molar-refractivity contribution in [2.75, 3.05) is 0 Å². The average molecular weight is 373 g/mol. The fraction of sp³-hybridized carbons (Fsp3) is 0.214. The summed E-state index contributed by atoms with van der Waals surface area (Å²) in [6.45, 7) is 4.87. The Morgan fingerprint density at radius 2 is 1.69 bits per heavy atom. The Morgan fingerprint density at radius 1 is 0.862 bits per heavy atom. The Kier molecular flexibility index (Phi) is 2.78. The third-order valence-electron chi connectivity index (χ3n) is 7.71. The van der Waals surface area contributed by atoms with Gasteiger partial charge in [-0.3, -0.25) is 0 Å². The number of hydrogen-bond donors (Lipinski definition) is 1. The van der Waals surface area contributed by atoms with Crippen LogP contribution in [0.25, 0.3) is 34.2 Å². The molecule has 1 aromatic heterocycles. The lowest BCUT2D eigenvalue weighted by Gasteiger charge is -2.29. The van der Waals surface area contributed by atoms with Gasteiger partial charge in [-0.25, -0.2) is 0 Å². The number of benzene rings is 3. The molecule has 7 rings (SSSR count). The lowest BCUT2D eigenvalue weighted by molar-refractivity contribution is 0.421. The number of fused-ring (bicyclic) bond motifs is 9. The van der Waals surface area contributed by atoms with Crippen molar-refractivity contribution in [2.45, 2.75) is 31.6 Å². The lowest BCUT2D eigenvalue weighted by Crippen LogP contribution is -2.34. The van der Waals surface area contributed by atoms with Gasteiger partial charge in [-0.1, -0.05) is 74.5 Å². The Bertz CT molecular complexity index is 1460. The molecule has 3 aliphatic rings. The van der Waals surface area contributed by atoms with E-state index in [2.05, 4.69) is 91.6 Å². The molecule has 1 nitrogen and oxygen atoms in total. The summed E-state index contributed by atoms with van der Waals surface area (Å²) in [6.07, 6.45) is 6.13. The van der Waals surface area contributed by atoms with Gasteiger partial charge in [0.15, 0.2) is 0 Å². The van der Waals surface area contributed by atoms with E-state index in [0.717, 1.165) is 6.42 Å². The van der Waals surface area contributed by atoms with Crippen LogP contribution >= 0.6 is 0 Å². The van der Waals surface area contributed by atoms with Crippen LogP contribution in [-0.4, -0.2) is 4.98 Å². The second-order valence-corrected chi connectivity index (χ2v) is 9.54. The van der Waals surface area contributed by atoms with Crippen LogP contribution in [0.1, 0.15) is 42.0 Å². The first-order valence-corrected chi connectivity index (χ1v) is 10.7. The van der Waals surface area contributed by atoms with Crippen molar-refractivity contribution in [3.63, 3.8) is 0 Å². The molecule has 1 heteroatoms. The molecule has 0 saturated carbocycles. The number of aromatic amines is 1. The summed E-state index contributed by atoms with van der Waals surface area (Å²) < 4.78 is 0. The van der Waals surface area contributed by atoms with Gasteiger partial charge in [-0.05, 0) is 63.3 Å². The predicted octanol–water partition coefficient (Wildman–Crippen LogP) is 5.00. The molecule has 0 amide bonds. The molecule has 0 aliphatic heterocycles. The molecule has 2 atom stereocenters. The maximum Gasteiger partial charge on any atom is 0.0464 e. The van der Waals surface area contributed by atoms with Gasteiger partial charge in [0.05, 0.1) is 0 Å². The standard InChI is InChI=1S/C28H23N/c1-28(2)24-12-17-11-16-7-3-4-8-18(16)20(17)13-21(24)22-14-23-19-9-5-6-10-26(19)29-27(23)15-25(22)28/h3-10,12-15,22,25,29H,11H2,1-2H3. The summed E-state index contributed by atoms with van der Waals surface area (Å²) in [5, 5.41) is 4.02. The highest BCUT2D eigenvalue weighted by molar-refractivity contribution is 5.84. The quantitative estimate of drug-likeness (QED) is 0.393. The predicted molar refractivity (Wildman–Crippen MR) is 120 cm³/mol. The molecule has 3 aromatic carbocycles. The molecule has 1 N–H and O–H groups in total. The molecule has 0 fully saturated rings. The first-order valence-electron chi connectivity index (χ1n) is 10.7. The molecule has 29 heavy (non-hydrogen) atoms. The molecular weight excluding hydrogens is 350 g/mol. The third-order valence-corrected chi connectivity index (χ3v) is 7.71. The highest BCUT2D eigenvalue weighted by Crippen LogP contribution is 2.55. The van der Waals surface area contributed by atoms with Gasteiger partial charge in [-0.2, -0.15) is 0 Å². The van der Waals surface area contributed by atoms with Crippen molar-refractivity contribution in [3.8, 4) is 11.1 Å². The Labute approximate surface area is 170 Å². The molecule has 2 unspecified atom stereocenters. The lowest BCUT2D eigenvalue weighted by atomic mass is 9.74. The molecule has 140 valence electrons. The van der Waals surface area contributed by atoms with E-state index in [0.29, 0.717) is 11.8 Å². The van der Waals surface area contributed by atoms with E-state index in [4.69, 9.17) is 0 Å². The van der Waals surface area contributed by atoms with E-state index >= 15 is 0 Å². The Balaban J connectivity index is 1.51. The van der Waals surface area contributed by atoms with Crippen LogP contribution in [0.3, 0.4) is 0 Å². The van der Waals surface area contributed by atoms with Crippen molar-refractivity contribution in [2.24, 2.45) is 5.92 Å². The van der Waals surface area contributed by atoms with E-state index in [1.807, 2.05) is 0 Å². The molecular formula is C28H23N. The summed E-state index contributed by atoms with van der Waals surface area (Å²) in [6, 6.07) is 22.7. The van der Waals surface area contributed by atoms with E-state index in [9.17, 15) is 0 Å². The second kappa shape index (κ2) is 5.10. The van der Waals surface area contributed by atoms with Crippen LogP contribution < -0.4 is 10.6 Å². The summed E-state index contributed by atoms with van der Waals surface area (Å²) in [5.41, 5.74) is 10.3. The van der Waals surface area contributed by atoms with Crippen LogP contribution in [0.4, 0.5) is 0 Å². The smallest absolute Gasteiger partial charge is 0.0464 e. The number of rotatable bonds is 0. The average Bonchev–Trinajstić information content (AvgIpc) is 3.34. The zero-order valence-corrected chi connectivity index (χ0v) is 16.8. The molecule has 0 bridgehead atoms. The highest BCUT2D eigenvalue weighted by atomic mass is 14.7. The van der Waals surface area contributed by atoms with Crippen LogP contribution in [-0.2, 0) is 11.8 Å². The molecule has 1 heterocycles. The topological polar surface area (TPSA) is 15.8 Å². The van der Waals surface area contributed by atoms with Crippen molar-refractivity contribution in [1.82, 2.24) is 4.98 Å². The first kappa shape index (κ1) is 15.8. The fourth-order valence-corrected chi connectivity index (χ4v) is 6.22. The molecule has 0 saturated heterocycles. The van der Waals surface area contributed by atoms with Crippen LogP contribution in [0.5, 0.6) is 0 Å². The fourth-order valence-electron chi connectivity index (χ4n) is 6.22. The SMILES string of the molecule is CC1(C)c2cc3c(cc2C2C=c4c([nH]c5ccccc45)=CC21)-c1ccccc1C3. The van der Waals surface area contributed by atoms with Crippen molar-refractivity contribution < 1.29 is 0 Å². The monoisotopic (exact) mass is 373 g/mol. The second-order valence-electron chi connectivity index (χ2n) is 9.54. The normalized spacial score (nSPS) is 22.1. The zero-order valence-electron chi connectivity index (χ0n) is 16.8. The van der Waals surface area contributed by atoms with E-state index in [1.165, 1.54) is 49.3 Å². The summed E-state index contributed by atoms with van der Waals surface area (Å²) in [7, 11) is 0. The van der Waals surface area contributed by atoms with Gasteiger partial charge >= 0.3 is 0 Å². The minimum absolute atomic E-state index is 0.134. The zero-order chi connectivity index (χ0) is 19.3. The van der Waals surface area contributed by atoms with Crippen LogP contribution in [0.15, 0.2) is 60.7 Å². The van der Waals surface area contributed by atoms with Gasteiger partial charge < -0.3 is 4.98 Å². The van der Waals surface area contributed by atoms with Gasteiger partial charge in [0.25, 0.3) is 0 Å². The van der Waals surface area contributed by atoms with Gasteiger partial charge in [0.1, 0.15) is 0 Å². The van der Waals surface area contributed by atoms with E-state index < -0.39 is 0 Å². The highest BCUT2D eigenvalue weighted by Gasteiger charge is 2.46. The number of hydrogen-bond acceptors (Lipinski definition) is 0. The third kappa shape index (κ3) is 1.91. The summed E-state index contributed by atoms with van der Waals surface area (Å²) in [5.74, 6) is 0.945. The largest absolute Gasteiger partial charge is 0.355 e.